The molecular weight excluding hydrogens is 336 g/mol. The van der Waals surface area contributed by atoms with Crippen LogP contribution in [-0.4, -0.2) is 58.2 Å². The maximum absolute atomic E-state index is 12.3. The number of carboxylic acid groups (broad SMARTS) is 1. The second-order valence-electron chi connectivity index (χ2n) is 5.73. The first-order valence-electron chi connectivity index (χ1n) is 7.58. The lowest BCUT2D eigenvalue weighted by Gasteiger charge is -2.45. The molecule has 0 aromatic rings. The van der Waals surface area contributed by atoms with Crippen molar-refractivity contribution in [1.82, 2.24) is 10.2 Å². The Balaban J connectivity index is 2.05. The van der Waals surface area contributed by atoms with E-state index in [-0.39, 0.29) is 23.6 Å². The highest BCUT2D eigenvalue weighted by Gasteiger charge is 2.57. The van der Waals surface area contributed by atoms with Crippen molar-refractivity contribution in [2.45, 2.75) is 39.3 Å². The molecule has 2 N–H and O–H groups in total. The van der Waals surface area contributed by atoms with Gasteiger partial charge in [-0.2, -0.15) is 0 Å². The number of amides is 2. The number of ether oxygens (including phenoxy) is 1. The highest BCUT2D eigenvalue weighted by Crippen LogP contribution is 2.47. The van der Waals surface area contributed by atoms with Gasteiger partial charge in [-0.25, -0.2) is 4.79 Å². The molecule has 0 radical (unpaired) electrons. The van der Waals surface area contributed by atoms with Crippen LogP contribution in [-0.2, 0) is 23.9 Å². The van der Waals surface area contributed by atoms with Crippen LogP contribution in [0.15, 0.2) is 10.6 Å². The number of nitrogens with zero attached hydrogens (tertiary/aromatic N) is 1. The van der Waals surface area contributed by atoms with E-state index in [4.69, 9.17) is 4.74 Å². The topological polar surface area (TPSA) is 113 Å². The van der Waals surface area contributed by atoms with Crippen molar-refractivity contribution in [3.05, 3.63) is 10.6 Å². The summed E-state index contributed by atoms with van der Waals surface area (Å²) in [7, 11) is 0. The third kappa shape index (κ3) is 3.55. The van der Waals surface area contributed by atoms with Crippen LogP contribution in [0.25, 0.3) is 0 Å². The number of carboxylic acids is 1. The number of carbonyl (C=O) groups is 4. The van der Waals surface area contributed by atoms with E-state index in [1.807, 2.05) is 0 Å². The molecule has 1 saturated heterocycles. The van der Waals surface area contributed by atoms with E-state index in [1.165, 1.54) is 30.5 Å². The molecule has 0 spiro atoms. The largest absolute Gasteiger partial charge is 0.477 e. The quantitative estimate of drug-likeness (QED) is 0.384. The fraction of sp³-hybridized carbons (Fsp3) is 0.600. The Labute approximate surface area is 143 Å². The predicted octanol–water partition coefficient (Wildman–Crippen LogP) is 0.334. The molecule has 2 aliphatic heterocycles. The highest BCUT2D eigenvalue weighted by atomic mass is 32.2. The number of hydrogen-bond donors (Lipinski definition) is 2. The van der Waals surface area contributed by atoms with Crippen molar-refractivity contribution in [2.24, 2.45) is 5.92 Å². The van der Waals surface area contributed by atoms with Gasteiger partial charge in [0.2, 0.25) is 11.8 Å². The Bertz CT molecular complexity index is 617. The monoisotopic (exact) mass is 356 g/mol. The molecule has 2 rings (SSSR count). The van der Waals surface area contributed by atoms with Crippen molar-refractivity contribution in [2.75, 3.05) is 12.3 Å². The average molecular weight is 356 g/mol. The lowest BCUT2D eigenvalue weighted by Crippen LogP contribution is -2.62. The maximum Gasteiger partial charge on any atom is 0.353 e. The number of esters is 1. The van der Waals surface area contributed by atoms with Gasteiger partial charge in [-0.1, -0.05) is 0 Å². The fourth-order valence-electron chi connectivity index (χ4n) is 3.08. The Morgan fingerprint density at radius 1 is 1.42 bits per heavy atom. The molecule has 1 fully saturated rings. The van der Waals surface area contributed by atoms with Gasteiger partial charge in [0.05, 0.1) is 12.0 Å². The first-order valence-corrected chi connectivity index (χ1v) is 8.56. The summed E-state index contributed by atoms with van der Waals surface area (Å²) in [6, 6.07) is -0.291. The summed E-state index contributed by atoms with van der Waals surface area (Å²) in [5, 5.41) is 12.1. The third-order valence-corrected chi connectivity index (χ3v) is 5.10. The molecule has 0 aromatic carbocycles. The predicted molar refractivity (Wildman–Crippen MR) is 85.8 cm³/mol. The summed E-state index contributed by atoms with van der Waals surface area (Å²) in [6.07, 6.45) is -0.163. The van der Waals surface area contributed by atoms with Gasteiger partial charge in [-0.15, -0.1) is 11.8 Å². The van der Waals surface area contributed by atoms with E-state index in [2.05, 4.69) is 5.32 Å². The van der Waals surface area contributed by atoms with Crippen molar-refractivity contribution >= 4 is 35.5 Å². The molecule has 0 bridgehead atoms. The Morgan fingerprint density at radius 2 is 2.08 bits per heavy atom. The molecule has 2 heterocycles. The molecule has 9 heteroatoms. The van der Waals surface area contributed by atoms with Gasteiger partial charge in [-0.05, 0) is 6.92 Å². The molecule has 0 unspecified atom stereocenters. The zero-order valence-corrected chi connectivity index (χ0v) is 14.5. The van der Waals surface area contributed by atoms with Gasteiger partial charge in [-0.3, -0.25) is 14.4 Å². The zero-order valence-electron chi connectivity index (χ0n) is 13.7. The standard InChI is InChI=1S/C15H20N2O6S/c1-7(23-9(3)19)12-10-6-11(24-5-4-16-8(2)18)13(15(21)22)17(10)14(12)20/h7,10,12H,4-6H2,1-3H3,(H,16,18)(H,21,22)/t7-,10+,12-/m0/s1. The van der Waals surface area contributed by atoms with E-state index in [0.717, 1.165) is 0 Å². The zero-order chi connectivity index (χ0) is 18.0. The van der Waals surface area contributed by atoms with Crippen molar-refractivity contribution in [1.29, 1.82) is 0 Å². The van der Waals surface area contributed by atoms with Crippen molar-refractivity contribution in [3.63, 3.8) is 0 Å². The number of thioether (sulfide) groups is 1. The summed E-state index contributed by atoms with van der Waals surface area (Å²) in [4.78, 5) is 47.7. The van der Waals surface area contributed by atoms with E-state index >= 15 is 0 Å². The van der Waals surface area contributed by atoms with Crippen LogP contribution in [0.2, 0.25) is 0 Å². The first-order chi connectivity index (χ1) is 11.2. The molecule has 24 heavy (non-hydrogen) atoms. The number of nitrogens with one attached hydrogen (secondary N) is 1. The number of hydrogen-bond acceptors (Lipinski definition) is 6. The number of β-lactam (4-membered cyclic amide) rings is 1. The Morgan fingerprint density at radius 3 is 2.62 bits per heavy atom. The number of rotatable bonds is 7. The summed E-state index contributed by atoms with van der Waals surface area (Å²) < 4.78 is 5.08. The van der Waals surface area contributed by atoms with Crippen LogP contribution in [0.5, 0.6) is 0 Å². The minimum atomic E-state index is -1.15. The molecule has 0 saturated carbocycles. The lowest BCUT2D eigenvalue weighted by molar-refractivity contribution is -0.169. The number of carbonyl (C=O) groups excluding carboxylic acids is 3. The van der Waals surface area contributed by atoms with Crippen LogP contribution in [0.1, 0.15) is 27.2 Å². The molecule has 0 aromatic heterocycles. The SMILES string of the molecule is CC(=O)NCCSC1=C(C(=O)O)N2C(=O)[C@@H]([C@H](C)OC(C)=O)[C@H]2C1. The number of fused-ring (bicyclic) bond motifs is 1. The van der Waals surface area contributed by atoms with Crippen LogP contribution in [0.4, 0.5) is 0 Å². The maximum atomic E-state index is 12.3. The van der Waals surface area contributed by atoms with E-state index in [1.54, 1.807) is 6.92 Å². The second kappa shape index (κ2) is 7.25. The van der Waals surface area contributed by atoms with Gasteiger partial charge >= 0.3 is 11.9 Å². The Kier molecular flexibility index (Phi) is 5.53. The molecule has 2 aliphatic rings. The molecule has 0 aliphatic carbocycles. The molecule has 2 amide bonds. The van der Waals surface area contributed by atoms with Gasteiger partial charge in [0, 0.05) is 37.5 Å². The summed E-state index contributed by atoms with van der Waals surface area (Å²) in [5.74, 6) is -2.09. The second-order valence-corrected chi connectivity index (χ2v) is 6.92. The van der Waals surface area contributed by atoms with Crippen LogP contribution < -0.4 is 5.32 Å². The molecular formula is C15H20N2O6S. The minimum absolute atomic E-state index is 0.00380. The van der Waals surface area contributed by atoms with E-state index in [0.29, 0.717) is 23.6 Å². The van der Waals surface area contributed by atoms with Gasteiger partial charge < -0.3 is 20.1 Å². The van der Waals surface area contributed by atoms with Gasteiger partial charge in [0.15, 0.2) is 0 Å². The van der Waals surface area contributed by atoms with Gasteiger partial charge in [0.25, 0.3) is 0 Å². The average Bonchev–Trinajstić information content (AvgIpc) is 2.77. The summed E-state index contributed by atoms with van der Waals surface area (Å²) >= 11 is 1.32. The normalized spacial score (nSPS) is 23.5. The van der Waals surface area contributed by atoms with E-state index < -0.39 is 24.0 Å². The van der Waals surface area contributed by atoms with Gasteiger partial charge in [0.1, 0.15) is 11.8 Å². The minimum Gasteiger partial charge on any atom is -0.477 e. The third-order valence-electron chi connectivity index (χ3n) is 3.98. The van der Waals surface area contributed by atoms with Crippen LogP contribution >= 0.6 is 11.8 Å². The smallest absolute Gasteiger partial charge is 0.353 e. The highest BCUT2D eigenvalue weighted by molar-refractivity contribution is 8.03. The molecule has 8 nitrogen and oxygen atoms in total. The van der Waals surface area contributed by atoms with Crippen molar-refractivity contribution in [3.8, 4) is 0 Å². The lowest BCUT2D eigenvalue weighted by atomic mass is 9.83. The van der Waals surface area contributed by atoms with Crippen molar-refractivity contribution < 1.29 is 29.0 Å². The first kappa shape index (κ1) is 18.3. The summed E-state index contributed by atoms with van der Waals surface area (Å²) in [5.41, 5.74) is 0.00380. The van der Waals surface area contributed by atoms with Crippen LogP contribution in [0, 0.1) is 5.92 Å². The molecule has 3 atom stereocenters. The van der Waals surface area contributed by atoms with Crippen LogP contribution in [0.3, 0.4) is 0 Å². The molecule has 132 valence electrons. The summed E-state index contributed by atoms with van der Waals surface area (Å²) in [6.45, 7) is 4.75. The Hall–Kier alpha value is -2.03. The fourth-order valence-corrected chi connectivity index (χ4v) is 4.14. The van der Waals surface area contributed by atoms with E-state index in [9.17, 15) is 24.3 Å². The number of aliphatic carboxylic acids is 1.